The van der Waals surface area contributed by atoms with E-state index in [1.54, 1.807) is 0 Å². The number of benzene rings is 5. The van der Waals surface area contributed by atoms with Gasteiger partial charge in [-0.05, 0) is 29.3 Å². The maximum Gasteiger partial charge on any atom is 0.164 e. The van der Waals surface area contributed by atoms with Crippen molar-refractivity contribution < 1.29 is 4.42 Å². The molecule has 47 heavy (non-hydrogen) atoms. The van der Waals surface area contributed by atoms with Crippen molar-refractivity contribution in [2.75, 3.05) is 0 Å². The smallest absolute Gasteiger partial charge is 0.164 e. The van der Waals surface area contributed by atoms with Crippen LogP contribution in [-0.4, -0.2) is 93.4 Å². The molecule has 0 aliphatic carbocycles. The van der Waals surface area contributed by atoms with Crippen LogP contribution in [0, 0.1) is 0 Å². The summed E-state index contributed by atoms with van der Waals surface area (Å²) < 4.78 is 6.26. The SMILES string of the molecule is [B]c1c([B])c([B])c(-c2nc(-c3c([B])c([B])c([B])c([B])c3[B])nc(-c3cccc4oc5ccc(-c6ccccc6)cc5c34)n2)c([B])c1[B]. The van der Waals surface area contributed by atoms with Gasteiger partial charge in [-0.3, -0.25) is 0 Å². The van der Waals surface area contributed by atoms with Crippen molar-refractivity contribution >= 4 is 155 Å². The van der Waals surface area contributed by atoms with Crippen LogP contribution in [0.3, 0.4) is 0 Å². The van der Waals surface area contributed by atoms with E-state index >= 15 is 0 Å². The average molecular weight is 574 g/mol. The van der Waals surface area contributed by atoms with Crippen molar-refractivity contribution in [2.45, 2.75) is 0 Å². The Hall–Kier alpha value is -4.44. The molecule has 14 heteroatoms. The summed E-state index contributed by atoms with van der Waals surface area (Å²) in [6, 6.07) is 21.5. The van der Waals surface area contributed by atoms with Gasteiger partial charge in [-0.25, -0.2) is 15.0 Å². The highest BCUT2D eigenvalue weighted by Gasteiger charge is 2.23. The lowest BCUT2D eigenvalue weighted by Gasteiger charge is -2.22. The predicted octanol–water partition coefficient (Wildman–Crippen LogP) is -3.62. The molecule has 4 nitrogen and oxygen atoms in total. The van der Waals surface area contributed by atoms with Gasteiger partial charge in [0.05, 0.1) is 0 Å². The summed E-state index contributed by atoms with van der Waals surface area (Å²) in [5.74, 6) is 0.228. The van der Waals surface area contributed by atoms with E-state index in [-0.39, 0.29) is 83.2 Å². The lowest BCUT2D eigenvalue weighted by Crippen LogP contribution is -2.55. The van der Waals surface area contributed by atoms with Crippen molar-refractivity contribution in [3.8, 4) is 45.3 Å². The molecule has 194 valence electrons. The standard InChI is InChI=1S/C33H11B10N3O/c34-21-19(22(35)26(39)29(42)25(21)38)32-44-31(45-33(46-32)20-23(36)27(40)30(43)28(41)24(20)37)14-7-4-8-17-18(14)15-11-13(9-10-16(15)47-17)12-5-2-1-3-6-12/h1-11H. The third kappa shape index (κ3) is 4.96. The van der Waals surface area contributed by atoms with E-state index in [1.807, 2.05) is 60.7 Å². The second-order valence-electron chi connectivity index (χ2n) is 11.1. The predicted molar refractivity (Wildman–Crippen MR) is 203 cm³/mol. The molecule has 7 rings (SSSR count). The fraction of sp³-hybridized carbons (Fsp3) is 0. The van der Waals surface area contributed by atoms with Gasteiger partial charge in [0, 0.05) is 27.5 Å². The summed E-state index contributed by atoms with van der Waals surface area (Å²) in [7, 11) is 62.8. The van der Waals surface area contributed by atoms with E-state index in [9.17, 15) is 0 Å². The third-order valence-electron chi connectivity index (χ3n) is 8.32. The third-order valence-corrected chi connectivity index (χ3v) is 8.32. The van der Waals surface area contributed by atoms with Gasteiger partial charge in [0.1, 0.15) is 89.6 Å². The molecule has 20 radical (unpaired) electrons. The van der Waals surface area contributed by atoms with Crippen LogP contribution < -0.4 is 54.6 Å². The van der Waals surface area contributed by atoms with E-state index in [0.29, 0.717) is 16.7 Å². The maximum atomic E-state index is 6.45. The highest BCUT2D eigenvalue weighted by Crippen LogP contribution is 2.38. The van der Waals surface area contributed by atoms with Gasteiger partial charge in [-0.1, -0.05) is 70.4 Å². The molecule has 0 saturated heterocycles. The molecule has 0 spiro atoms. The number of aromatic nitrogens is 3. The Bertz CT molecular complexity index is 2280. The Labute approximate surface area is 285 Å². The van der Waals surface area contributed by atoms with Crippen LogP contribution in [0.2, 0.25) is 0 Å². The molecule has 0 amide bonds. The van der Waals surface area contributed by atoms with Crippen LogP contribution in [0.4, 0.5) is 0 Å². The minimum atomic E-state index is 0.0148. The topological polar surface area (TPSA) is 51.8 Å². The molecule has 5 aromatic carbocycles. The van der Waals surface area contributed by atoms with Crippen LogP contribution in [0.5, 0.6) is 0 Å². The van der Waals surface area contributed by atoms with Crippen molar-refractivity contribution in [1.29, 1.82) is 0 Å². The van der Waals surface area contributed by atoms with Gasteiger partial charge in [-0.2, -0.15) is 0 Å². The minimum Gasteiger partial charge on any atom is -0.456 e. The number of fused-ring (bicyclic) bond motifs is 3. The van der Waals surface area contributed by atoms with Gasteiger partial charge in [0.2, 0.25) is 0 Å². The summed E-state index contributed by atoms with van der Waals surface area (Å²) in [4.78, 5) is 14.3. The highest BCUT2D eigenvalue weighted by molar-refractivity contribution is 6.69. The van der Waals surface area contributed by atoms with Crippen molar-refractivity contribution in [2.24, 2.45) is 0 Å². The van der Waals surface area contributed by atoms with E-state index in [0.717, 1.165) is 21.9 Å². The molecule has 0 fully saturated rings. The molecule has 7 aromatic rings. The lowest BCUT2D eigenvalue weighted by molar-refractivity contribution is 0.669. The number of hydrogen-bond donors (Lipinski definition) is 0. The molecule has 0 atom stereocenters. The zero-order valence-electron chi connectivity index (χ0n) is 24.9. The van der Waals surface area contributed by atoms with Crippen LogP contribution in [0.1, 0.15) is 0 Å². The minimum absolute atomic E-state index is 0.0148. The Balaban J connectivity index is 1.58. The molecule has 0 saturated carbocycles. The molecule has 2 heterocycles. The fourth-order valence-electron chi connectivity index (χ4n) is 5.72. The Morgan fingerprint density at radius 1 is 0.404 bits per heavy atom. The normalized spacial score (nSPS) is 11.4. The first-order valence-electron chi connectivity index (χ1n) is 14.3. The zero-order chi connectivity index (χ0) is 33.3. The highest BCUT2D eigenvalue weighted by atomic mass is 16.3. The van der Waals surface area contributed by atoms with Gasteiger partial charge in [0.25, 0.3) is 0 Å². The van der Waals surface area contributed by atoms with E-state index in [2.05, 4.69) is 11.1 Å². The molecule has 0 bridgehead atoms. The number of furan rings is 1. The summed E-state index contributed by atoms with van der Waals surface area (Å²) in [5.41, 5.74) is 4.43. The van der Waals surface area contributed by atoms with E-state index in [4.69, 9.17) is 92.8 Å². The second-order valence-corrected chi connectivity index (χ2v) is 11.1. The summed E-state index contributed by atoms with van der Waals surface area (Å²) in [6.07, 6.45) is 0. The molecule has 0 aliphatic heterocycles. The largest absolute Gasteiger partial charge is 0.456 e. The summed E-state index contributed by atoms with van der Waals surface area (Å²) in [5, 5.41) is 1.58. The fourth-order valence-corrected chi connectivity index (χ4v) is 5.72. The number of rotatable bonds is 4. The van der Waals surface area contributed by atoms with Gasteiger partial charge in [0.15, 0.2) is 17.5 Å². The zero-order valence-corrected chi connectivity index (χ0v) is 24.9. The van der Waals surface area contributed by atoms with Gasteiger partial charge < -0.3 is 4.42 Å². The first kappa shape index (κ1) is 31.2. The van der Waals surface area contributed by atoms with E-state index in [1.165, 1.54) is 0 Å². The summed E-state index contributed by atoms with van der Waals surface area (Å²) in [6.45, 7) is 0. The van der Waals surface area contributed by atoms with Crippen LogP contribution >= 0.6 is 0 Å². The second kappa shape index (κ2) is 11.7. The molecule has 2 aromatic heterocycles. The number of hydrogen-bond acceptors (Lipinski definition) is 4. The first-order valence-corrected chi connectivity index (χ1v) is 14.3. The van der Waals surface area contributed by atoms with Gasteiger partial charge >= 0.3 is 0 Å². The van der Waals surface area contributed by atoms with Crippen LogP contribution in [0.25, 0.3) is 67.2 Å². The van der Waals surface area contributed by atoms with Crippen molar-refractivity contribution in [1.82, 2.24) is 15.0 Å². The van der Waals surface area contributed by atoms with Crippen molar-refractivity contribution in [3.05, 3.63) is 66.7 Å². The van der Waals surface area contributed by atoms with E-state index < -0.39 is 0 Å². The summed E-state index contributed by atoms with van der Waals surface area (Å²) >= 11 is 0. The molecule has 0 aliphatic rings. The molecular formula is C33H11B10N3O. The Morgan fingerprint density at radius 3 is 1.43 bits per heavy atom. The van der Waals surface area contributed by atoms with Crippen LogP contribution in [-0.2, 0) is 0 Å². The quantitative estimate of drug-likeness (QED) is 0.204. The molecular weight excluding hydrogens is 563 g/mol. The van der Waals surface area contributed by atoms with Crippen molar-refractivity contribution in [3.63, 3.8) is 0 Å². The Morgan fingerprint density at radius 2 is 0.894 bits per heavy atom. The maximum absolute atomic E-state index is 6.45. The van der Waals surface area contributed by atoms with Gasteiger partial charge in [-0.15, -0.1) is 32.8 Å². The lowest BCUT2D eigenvalue weighted by atomic mass is 9.60. The average Bonchev–Trinajstić information content (AvgIpc) is 3.47. The molecule has 0 N–H and O–H groups in total. The molecule has 0 unspecified atom stereocenters. The monoisotopic (exact) mass is 575 g/mol. The Kier molecular flexibility index (Phi) is 7.74. The first-order chi connectivity index (χ1) is 22.5. The number of nitrogens with zero attached hydrogens (tertiary/aromatic N) is 3. The van der Waals surface area contributed by atoms with Crippen LogP contribution in [0.15, 0.2) is 71.1 Å².